The number of aromatic nitrogens is 1. The van der Waals surface area contributed by atoms with Crippen LogP contribution < -0.4 is 10.6 Å². The van der Waals surface area contributed by atoms with Gasteiger partial charge in [-0.15, -0.1) is 0 Å². The third-order valence-corrected chi connectivity index (χ3v) is 4.73. The van der Waals surface area contributed by atoms with Crippen molar-refractivity contribution in [1.82, 2.24) is 20.5 Å². The molecule has 0 aliphatic heterocycles. The number of hydrogen-bond acceptors (Lipinski definition) is 3. The summed E-state index contributed by atoms with van der Waals surface area (Å²) < 4.78 is 0. The van der Waals surface area contributed by atoms with Gasteiger partial charge in [-0.05, 0) is 37.8 Å². The molecule has 0 radical (unpaired) electrons. The zero-order chi connectivity index (χ0) is 18.1. The number of carbonyl (C=O) groups excluding carboxylic acids is 1. The average Bonchev–Trinajstić information content (AvgIpc) is 3.10. The molecule has 1 aromatic rings. The van der Waals surface area contributed by atoms with Gasteiger partial charge in [0, 0.05) is 39.6 Å². The van der Waals surface area contributed by atoms with Crippen molar-refractivity contribution in [2.45, 2.75) is 39.0 Å². The number of nitrogens with one attached hydrogen (secondary N) is 2. The van der Waals surface area contributed by atoms with Crippen LogP contribution in [0.3, 0.4) is 0 Å². The van der Waals surface area contributed by atoms with Crippen LogP contribution in [0.2, 0.25) is 0 Å². The second-order valence-electron chi connectivity index (χ2n) is 6.92. The van der Waals surface area contributed by atoms with Crippen LogP contribution in [0.15, 0.2) is 29.5 Å². The summed E-state index contributed by atoms with van der Waals surface area (Å²) in [6, 6.07) is 4.02. The summed E-state index contributed by atoms with van der Waals surface area (Å²) in [6.07, 6.45) is 8.64. The van der Waals surface area contributed by atoms with E-state index < -0.39 is 0 Å². The fraction of sp³-hybridized carbons (Fsp3) is 0.632. The number of guanidine groups is 1. The minimum absolute atomic E-state index is 0.208. The van der Waals surface area contributed by atoms with E-state index >= 15 is 0 Å². The van der Waals surface area contributed by atoms with Crippen molar-refractivity contribution >= 4 is 11.9 Å². The summed E-state index contributed by atoms with van der Waals surface area (Å²) in [5.41, 5.74) is 0.871. The topological polar surface area (TPSA) is 69.6 Å². The van der Waals surface area contributed by atoms with E-state index in [0.717, 1.165) is 51.2 Å². The summed E-state index contributed by atoms with van der Waals surface area (Å²) >= 11 is 0. The Hall–Kier alpha value is -2.11. The zero-order valence-electron chi connectivity index (χ0n) is 15.7. The van der Waals surface area contributed by atoms with Crippen LogP contribution in [0.5, 0.6) is 0 Å². The van der Waals surface area contributed by atoms with Crippen molar-refractivity contribution in [2.24, 2.45) is 10.4 Å². The van der Waals surface area contributed by atoms with Crippen LogP contribution in [0.25, 0.3) is 0 Å². The summed E-state index contributed by atoms with van der Waals surface area (Å²) in [4.78, 5) is 23.2. The second-order valence-corrected chi connectivity index (χ2v) is 6.92. The standard InChI is InChI=1S/C19H31N5O/c1-4-21-18(22-13-9-16-8-7-12-20-14-16)23-15-19(10-5-6-11-19)17(25)24(2)3/h7-8,12,14H,4-6,9-11,13,15H2,1-3H3,(H2,21,22,23). The summed E-state index contributed by atoms with van der Waals surface area (Å²) in [5.74, 6) is 0.990. The average molecular weight is 345 g/mol. The Labute approximate surface area is 151 Å². The van der Waals surface area contributed by atoms with Gasteiger partial charge < -0.3 is 15.5 Å². The molecule has 1 aromatic heterocycles. The van der Waals surface area contributed by atoms with E-state index in [0.29, 0.717) is 6.54 Å². The molecule has 6 nitrogen and oxygen atoms in total. The number of aliphatic imine (C=N–C) groups is 1. The Kier molecular flexibility index (Phi) is 7.22. The molecular formula is C19H31N5O. The highest BCUT2D eigenvalue weighted by atomic mass is 16.2. The normalized spacial score (nSPS) is 16.5. The molecule has 6 heteroatoms. The predicted molar refractivity (Wildman–Crippen MR) is 102 cm³/mol. The van der Waals surface area contributed by atoms with Crippen molar-refractivity contribution in [1.29, 1.82) is 0 Å². The van der Waals surface area contributed by atoms with E-state index in [9.17, 15) is 4.79 Å². The van der Waals surface area contributed by atoms with Crippen LogP contribution >= 0.6 is 0 Å². The molecular weight excluding hydrogens is 314 g/mol. The zero-order valence-corrected chi connectivity index (χ0v) is 15.7. The van der Waals surface area contributed by atoms with Crippen molar-refractivity contribution < 1.29 is 4.79 Å². The van der Waals surface area contributed by atoms with E-state index in [1.807, 2.05) is 26.4 Å². The maximum absolute atomic E-state index is 12.6. The van der Waals surface area contributed by atoms with Gasteiger partial charge in [-0.2, -0.15) is 0 Å². The van der Waals surface area contributed by atoms with Crippen LogP contribution in [0.4, 0.5) is 0 Å². The molecule has 0 saturated heterocycles. The second kappa shape index (κ2) is 9.39. The van der Waals surface area contributed by atoms with Crippen molar-refractivity contribution in [3.05, 3.63) is 30.1 Å². The molecule has 0 spiro atoms. The van der Waals surface area contributed by atoms with E-state index in [1.54, 1.807) is 11.1 Å². The van der Waals surface area contributed by atoms with E-state index in [2.05, 4.69) is 28.6 Å². The minimum Gasteiger partial charge on any atom is -0.357 e. The Morgan fingerprint density at radius 2 is 2.08 bits per heavy atom. The Morgan fingerprint density at radius 1 is 1.32 bits per heavy atom. The van der Waals surface area contributed by atoms with Crippen molar-refractivity contribution in [3.63, 3.8) is 0 Å². The molecule has 1 saturated carbocycles. The highest BCUT2D eigenvalue weighted by molar-refractivity contribution is 5.84. The SMILES string of the molecule is CCNC(=NCC1(C(=O)N(C)C)CCCC1)NCCc1cccnc1. The molecule has 1 aliphatic rings. The molecule has 2 N–H and O–H groups in total. The first kappa shape index (κ1) is 19.2. The van der Waals surface area contributed by atoms with Gasteiger partial charge in [0.2, 0.25) is 5.91 Å². The van der Waals surface area contributed by atoms with Gasteiger partial charge in [-0.25, -0.2) is 0 Å². The first-order valence-corrected chi connectivity index (χ1v) is 9.20. The highest BCUT2D eigenvalue weighted by Gasteiger charge is 2.41. The number of hydrogen-bond donors (Lipinski definition) is 2. The molecule has 1 heterocycles. The lowest BCUT2D eigenvalue weighted by molar-refractivity contribution is -0.138. The van der Waals surface area contributed by atoms with Gasteiger partial charge >= 0.3 is 0 Å². The third-order valence-electron chi connectivity index (χ3n) is 4.73. The summed E-state index contributed by atoms with van der Waals surface area (Å²) in [5, 5.41) is 6.64. The van der Waals surface area contributed by atoms with Gasteiger partial charge in [-0.1, -0.05) is 18.9 Å². The molecule has 0 unspecified atom stereocenters. The van der Waals surface area contributed by atoms with Crippen LogP contribution in [-0.2, 0) is 11.2 Å². The molecule has 0 atom stereocenters. The number of pyridine rings is 1. The fourth-order valence-electron chi connectivity index (χ4n) is 3.41. The number of carbonyl (C=O) groups is 1. The van der Waals surface area contributed by atoms with Crippen LogP contribution in [-0.4, -0.2) is 55.5 Å². The number of amides is 1. The van der Waals surface area contributed by atoms with E-state index in [4.69, 9.17) is 4.99 Å². The van der Waals surface area contributed by atoms with Crippen molar-refractivity contribution in [2.75, 3.05) is 33.7 Å². The van der Waals surface area contributed by atoms with Gasteiger partial charge in [-0.3, -0.25) is 14.8 Å². The largest absolute Gasteiger partial charge is 0.357 e. The van der Waals surface area contributed by atoms with Gasteiger partial charge in [0.05, 0.1) is 12.0 Å². The molecule has 0 aromatic carbocycles. The smallest absolute Gasteiger partial charge is 0.230 e. The van der Waals surface area contributed by atoms with Crippen LogP contribution in [0.1, 0.15) is 38.2 Å². The molecule has 1 fully saturated rings. The Bertz CT molecular complexity index is 564. The fourth-order valence-corrected chi connectivity index (χ4v) is 3.41. The lowest BCUT2D eigenvalue weighted by Gasteiger charge is -2.29. The summed E-state index contributed by atoms with van der Waals surface area (Å²) in [7, 11) is 3.67. The molecule has 25 heavy (non-hydrogen) atoms. The summed E-state index contributed by atoms with van der Waals surface area (Å²) in [6.45, 7) is 4.18. The first-order chi connectivity index (χ1) is 12.1. The highest BCUT2D eigenvalue weighted by Crippen LogP contribution is 2.39. The van der Waals surface area contributed by atoms with E-state index in [-0.39, 0.29) is 11.3 Å². The Balaban J connectivity index is 1.96. The molecule has 138 valence electrons. The monoisotopic (exact) mass is 345 g/mol. The maximum atomic E-state index is 12.6. The first-order valence-electron chi connectivity index (χ1n) is 9.20. The number of rotatable bonds is 7. The molecule has 2 rings (SSSR count). The van der Waals surface area contributed by atoms with Crippen molar-refractivity contribution in [3.8, 4) is 0 Å². The lowest BCUT2D eigenvalue weighted by atomic mass is 9.85. The Morgan fingerprint density at radius 3 is 2.68 bits per heavy atom. The van der Waals surface area contributed by atoms with Gasteiger partial charge in [0.25, 0.3) is 0 Å². The van der Waals surface area contributed by atoms with Gasteiger partial charge in [0.1, 0.15) is 0 Å². The molecule has 1 aliphatic carbocycles. The third kappa shape index (κ3) is 5.44. The molecule has 0 bridgehead atoms. The maximum Gasteiger partial charge on any atom is 0.230 e. The lowest BCUT2D eigenvalue weighted by Crippen LogP contribution is -2.43. The quantitative estimate of drug-likeness (QED) is 0.584. The predicted octanol–water partition coefficient (Wildman–Crippen LogP) is 1.83. The van der Waals surface area contributed by atoms with Crippen LogP contribution in [0, 0.1) is 5.41 Å². The minimum atomic E-state index is -0.324. The van der Waals surface area contributed by atoms with E-state index in [1.165, 1.54) is 5.56 Å². The van der Waals surface area contributed by atoms with Gasteiger partial charge in [0.15, 0.2) is 5.96 Å². The number of nitrogens with zero attached hydrogens (tertiary/aromatic N) is 3. The molecule has 1 amide bonds.